The number of halogens is 1. The maximum atomic E-state index is 13.0. The molecule has 0 bridgehead atoms. The fourth-order valence-corrected chi connectivity index (χ4v) is 5.08. The van der Waals surface area contributed by atoms with Gasteiger partial charge >= 0.3 is 0 Å². The number of benzene rings is 3. The number of imide groups is 1. The van der Waals surface area contributed by atoms with Crippen LogP contribution in [0.4, 0.5) is 16.2 Å². The number of hydrogen-bond donors (Lipinski definition) is 2. The van der Waals surface area contributed by atoms with Gasteiger partial charge in [0, 0.05) is 15.8 Å². The minimum Gasteiger partial charge on any atom is -0.497 e. The molecule has 0 unspecified atom stereocenters. The molecule has 1 saturated heterocycles. The van der Waals surface area contributed by atoms with Crippen LogP contribution in [0.2, 0.25) is 0 Å². The molecule has 3 aromatic rings. The molecule has 10 nitrogen and oxygen atoms in total. The van der Waals surface area contributed by atoms with Crippen molar-refractivity contribution in [3.63, 3.8) is 0 Å². The number of carbonyl (C=O) groups is 4. The van der Waals surface area contributed by atoms with Crippen LogP contribution >= 0.6 is 27.7 Å². The molecule has 1 heterocycles. The molecule has 218 valence electrons. The second kappa shape index (κ2) is 14.1. The molecular weight excluding hydrogens is 626 g/mol. The molecule has 0 spiro atoms. The number of hydrogen-bond acceptors (Lipinski definition) is 8. The molecule has 4 rings (SSSR count). The lowest BCUT2D eigenvalue weighted by Gasteiger charge is -2.14. The van der Waals surface area contributed by atoms with Gasteiger partial charge in [0.1, 0.15) is 12.3 Å². The fourth-order valence-electron chi connectivity index (χ4n) is 3.82. The van der Waals surface area contributed by atoms with E-state index in [2.05, 4.69) is 26.6 Å². The van der Waals surface area contributed by atoms with E-state index in [1.165, 1.54) is 13.2 Å². The zero-order valence-electron chi connectivity index (χ0n) is 23.1. The van der Waals surface area contributed by atoms with Crippen LogP contribution in [0.3, 0.4) is 0 Å². The normalized spacial score (nSPS) is 13.7. The quantitative estimate of drug-likeness (QED) is 0.247. The molecule has 1 fully saturated rings. The SMILES string of the molecule is CCOc1cc(/C=C2/SC(=O)N(CC(=O)Nc3ccc(OC)cc3)C2=O)c(Br)cc1OCC(=O)Nc1ccc(C)cc1. The number of carbonyl (C=O) groups excluding carboxylic acids is 4. The number of aryl methyl sites for hydroxylation is 1. The van der Waals surface area contributed by atoms with Crippen LogP contribution in [0.25, 0.3) is 6.08 Å². The van der Waals surface area contributed by atoms with E-state index in [9.17, 15) is 19.2 Å². The Morgan fingerprint density at radius 3 is 2.19 bits per heavy atom. The summed E-state index contributed by atoms with van der Waals surface area (Å²) in [6.07, 6.45) is 1.53. The Morgan fingerprint density at radius 2 is 1.55 bits per heavy atom. The molecule has 0 aliphatic carbocycles. The van der Waals surface area contributed by atoms with E-state index >= 15 is 0 Å². The van der Waals surface area contributed by atoms with Crippen molar-refractivity contribution in [3.05, 3.63) is 81.2 Å². The second-order valence-corrected chi connectivity index (χ2v) is 10.8. The Labute approximate surface area is 255 Å². The first-order valence-electron chi connectivity index (χ1n) is 12.8. The first kappa shape index (κ1) is 30.7. The number of nitrogens with zero attached hydrogens (tertiary/aromatic N) is 1. The van der Waals surface area contributed by atoms with Crippen molar-refractivity contribution in [2.45, 2.75) is 13.8 Å². The summed E-state index contributed by atoms with van der Waals surface area (Å²) in [6, 6.07) is 17.3. The highest BCUT2D eigenvalue weighted by Crippen LogP contribution is 2.38. The van der Waals surface area contributed by atoms with E-state index < -0.39 is 23.6 Å². The predicted molar refractivity (Wildman–Crippen MR) is 165 cm³/mol. The van der Waals surface area contributed by atoms with Crippen LogP contribution in [0, 0.1) is 6.92 Å². The average molecular weight is 655 g/mol. The number of anilines is 2. The van der Waals surface area contributed by atoms with E-state index in [0.29, 0.717) is 45.3 Å². The summed E-state index contributed by atoms with van der Waals surface area (Å²) in [5, 5.41) is 4.88. The molecule has 2 N–H and O–H groups in total. The first-order valence-corrected chi connectivity index (χ1v) is 14.4. The Kier molecular flexibility index (Phi) is 10.3. The van der Waals surface area contributed by atoms with Crippen molar-refractivity contribution in [3.8, 4) is 17.2 Å². The van der Waals surface area contributed by atoms with Crippen molar-refractivity contribution >= 4 is 68.1 Å². The van der Waals surface area contributed by atoms with Crippen molar-refractivity contribution in [1.29, 1.82) is 0 Å². The van der Waals surface area contributed by atoms with Gasteiger partial charge < -0.3 is 24.8 Å². The van der Waals surface area contributed by atoms with Gasteiger partial charge in [-0.15, -0.1) is 0 Å². The van der Waals surface area contributed by atoms with Crippen molar-refractivity contribution < 1.29 is 33.4 Å². The summed E-state index contributed by atoms with van der Waals surface area (Å²) < 4.78 is 17.1. The first-order chi connectivity index (χ1) is 20.2. The fraction of sp³-hybridized carbons (Fsp3) is 0.200. The average Bonchev–Trinajstić information content (AvgIpc) is 3.22. The zero-order chi connectivity index (χ0) is 30.2. The summed E-state index contributed by atoms with van der Waals surface area (Å²) in [6.45, 7) is 3.40. The molecule has 1 aliphatic rings. The van der Waals surface area contributed by atoms with E-state index in [1.54, 1.807) is 55.5 Å². The molecule has 12 heteroatoms. The Balaban J connectivity index is 1.43. The molecule has 1 aliphatic heterocycles. The van der Waals surface area contributed by atoms with Gasteiger partial charge in [0.25, 0.3) is 17.1 Å². The summed E-state index contributed by atoms with van der Waals surface area (Å²) >= 11 is 4.21. The standard InChI is InChI=1S/C30H28BrN3O7S/c1-4-40-24-13-19(23(31)15-25(24)41-17-28(36)33-20-7-5-18(2)6-8-20)14-26-29(37)34(30(38)42-26)16-27(35)32-21-9-11-22(39-3)12-10-21/h5-15H,4,16-17H2,1-3H3,(H,32,35)(H,33,36)/b26-14+. The van der Waals surface area contributed by atoms with E-state index in [4.69, 9.17) is 14.2 Å². The van der Waals surface area contributed by atoms with Gasteiger partial charge in [0.2, 0.25) is 5.91 Å². The smallest absolute Gasteiger partial charge is 0.294 e. The third-order valence-corrected chi connectivity index (χ3v) is 7.49. The zero-order valence-corrected chi connectivity index (χ0v) is 25.5. The number of ether oxygens (including phenoxy) is 3. The van der Waals surface area contributed by atoms with Crippen LogP contribution < -0.4 is 24.8 Å². The number of amides is 4. The summed E-state index contributed by atoms with van der Waals surface area (Å²) in [5.41, 5.74) is 2.78. The third kappa shape index (κ3) is 7.92. The monoisotopic (exact) mass is 653 g/mol. The number of thioether (sulfide) groups is 1. The summed E-state index contributed by atoms with van der Waals surface area (Å²) in [7, 11) is 1.54. The largest absolute Gasteiger partial charge is 0.497 e. The lowest BCUT2D eigenvalue weighted by molar-refractivity contribution is -0.127. The highest BCUT2D eigenvalue weighted by molar-refractivity contribution is 9.10. The molecule has 0 atom stereocenters. The molecule has 4 amide bonds. The summed E-state index contributed by atoms with van der Waals surface area (Å²) in [5.74, 6) is -0.141. The predicted octanol–water partition coefficient (Wildman–Crippen LogP) is 5.86. The van der Waals surface area contributed by atoms with Gasteiger partial charge in [-0.3, -0.25) is 24.1 Å². The topological polar surface area (TPSA) is 123 Å². The molecule has 3 aromatic carbocycles. The number of methoxy groups -OCH3 is 1. The van der Waals surface area contributed by atoms with Crippen LogP contribution in [0.5, 0.6) is 17.2 Å². The van der Waals surface area contributed by atoms with E-state index in [0.717, 1.165) is 22.2 Å². The van der Waals surface area contributed by atoms with Gasteiger partial charge in [0.05, 0.1) is 18.6 Å². The van der Waals surface area contributed by atoms with Gasteiger partial charge in [-0.2, -0.15) is 0 Å². The second-order valence-electron chi connectivity index (χ2n) is 9.00. The van der Waals surface area contributed by atoms with Gasteiger partial charge in [-0.1, -0.05) is 33.6 Å². The van der Waals surface area contributed by atoms with Crippen LogP contribution in [0.15, 0.2) is 70.0 Å². The number of nitrogens with one attached hydrogen (secondary N) is 2. The summed E-state index contributed by atoms with van der Waals surface area (Å²) in [4.78, 5) is 51.6. The maximum Gasteiger partial charge on any atom is 0.294 e. The highest BCUT2D eigenvalue weighted by Gasteiger charge is 2.36. The Morgan fingerprint density at radius 1 is 0.929 bits per heavy atom. The van der Waals surface area contributed by atoms with E-state index in [1.807, 2.05) is 19.1 Å². The molecule has 0 radical (unpaired) electrons. The maximum absolute atomic E-state index is 13.0. The van der Waals surface area contributed by atoms with Gasteiger partial charge in [0.15, 0.2) is 18.1 Å². The lowest BCUT2D eigenvalue weighted by Crippen LogP contribution is -2.36. The van der Waals surface area contributed by atoms with Gasteiger partial charge in [-0.05, 0) is 85.8 Å². The lowest BCUT2D eigenvalue weighted by atomic mass is 10.1. The Bertz CT molecular complexity index is 1530. The molecular formula is C30H28BrN3O7S. The van der Waals surface area contributed by atoms with Crippen LogP contribution in [0.1, 0.15) is 18.1 Å². The minimum absolute atomic E-state index is 0.145. The molecule has 0 saturated carbocycles. The molecule has 0 aromatic heterocycles. The number of rotatable bonds is 11. The third-order valence-electron chi connectivity index (χ3n) is 5.89. The minimum atomic E-state index is -0.590. The Hall–Kier alpha value is -4.29. The molecule has 42 heavy (non-hydrogen) atoms. The van der Waals surface area contributed by atoms with E-state index in [-0.39, 0.29) is 17.4 Å². The van der Waals surface area contributed by atoms with Crippen molar-refractivity contribution in [1.82, 2.24) is 4.90 Å². The van der Waals surface area contributed by atoms with Crippen LogP contribution in [-0.4, -0.2) is 54.7 Å². The van der Waals surface area contributed by atoms with Gasteiger partial charge in [-0.25, -0.2) is 0 Å². The van der Waals surface area contributed by atoms with Crippen molar-refractivity contribution in [2.75, 3.05) is 37.5 Å². The highest BCUT2D eigenvalue weighted by atomic mass is 79.9. The van der Waals surface area contributed by atoms with Crippen LogP contribution in [-0.2, 0) is 14.4 Å². The van der Waals surface area contributed by atoms with Crippen molar-refractivity contribution in [2.24, 2.45) is 0 Å².